The summed E-state index contributed by atoms with van der Waals surface area (Å²) in [5.74, 6) is 2.24. The second kappa shape index (κ2) is 13.3. The molecule has 8 aliphatic rings. The fraction of sp³-hybridized carbons (Fsp3) is 0.818. The molecule has 288 valence electrons. The second-order valence-electron chi connectivity index (χ2n) is 19.7. The minimum atomic E-state index is -0.476. The summed E-state index contributed by atoms with van der Waals surface area (Å²) in [6, 6.07) is 0.118. The highest BCUT2D eigenvalue weighted by atomic mass is 16.6. The average Bonchev–Trinajstić information content (AvgIpc) is 3.56. The fourth-order valence-electron chi connectivity index (χ4n) is 15.0. The molecule has 0 saturated heterocycles. The first-order valence-corrected chi connectivity index (χ1v) is 20.9. The number of rotatable bonds is 6. The number of hydrogen-bond acceptors (Lipinski definition) is 8. The van der Waals surface area contributed by atoms with Crippen LogP contribution in [-0.2, 0) is 19.1 Å². The number of aliphatic hydroxyl groups is 2. The standard InChI is InChI=1S/C44H66N2O6/c1-41-17-13-27(47)21-25(41)7-9-29-31(41)15-19-43(3)33(29)23-35(39(43)45-5)51-37(49)11-12-38(50)52-36-24-34-30-10-8-26-22-28(48)14-18-42(26,2)32(30)16-20-44(34,4)40(36)46-6/h7-8,11-12,27-36,39-40,45-48H,9-10,13-24H2,1-6H3/b12-11-/t27?,28?,29-,30-,31-,32-,33+,34+,35?,36?,39?,40?,41+,42+,43+,44+/m1/s1. The van der Waals surface area contributed by atoms with Crippen LogP contribution in [0.4, 0.5) is 0 Å². The lowest BCUT2D eigenvalue weighted by Crippen LogP contribution is -2.54. The van der Waals surface area contributed by atoms with E-state index >= 15 is 0 Å². The van der Waals surface area contributed by atoms with Crippen LogP contribution in [0, 0.1) is 57.2 Å². The van der Waals surface area contributed by atoms with Gasteiger partial charge in [-0.25, -0.2) is 9.59 Å². The first kappa shape index (κ1) is 36.9. The Balaban J connectivity index is 0.913. The zero-order chi connectivity index (χ0) is 36.8. The van der Waals surface area contributed by atoms with Crippen LogP contribution in [-0.4, -0.2) is 72.7 Å². The van der Waals surface area contributed by atoms with E-state index in [1.165, 1.54) is 36.1 Å². The molecule has 6 saturated carbocycles. The van der Waals surface area contributed by atoms with E-state index in [2.05, 4.69) is 50.5 Å². The van der Waals surface area contributed by atoms with Crippen molar-refractivity contribution in [3.63, 3.8) is 0 Å². The molecule has 0 aliphatic heterocycles. The molecule has 0 aromatic heterocycles. The minimum Gasteiger partial charge on any atom is -0.458 e. The zero-order valence-corrected chi connectivity index (χ0v) is 32.7. The van der Waals surface area contributed by atoms with Crippen molar-refractivity contribution in [2.75, 3.05) is 14.1 Å². The molecular formula is C44H66N2O6. The van der Waals surface area contributed by atoms with Crippen LogP contribution < -0.4 is 10.6 Å². The molecule has 8 aliphatic carbocycles. The lowest BCUT2D eigenvalue weighted by Gasteiger charge is -2.57. The number of carbonyl (C=O) groups is 2. The summed E-state index contributed by atoms with van der Waals surface area (Å²) in [6.07, 6.45) is 20.3. The summed E-state index contributed by atoms with van der Waals surface area (Å²) in [6.45, 7) is 9.67. The number of nitrogens with one attached hydrogen (secondary N) is 2. The van der Waals surface area contributed by atoms with Gasteiger partial charge in [0, 0.05) is 24.2 Å². The topological polar surface area (TPSA) is 117 Å². The van der Waals surface area contributed by atoms with Gasteiger partial charge in [-0.05, 0) is 161 Å². The Bertz CT molecular complexity index is 1410. The highest BCUT2D eigenvalue weighted by molar-refractivity contribution is 5.91. The molecule has 8 nitrogen and oxygen atoms in total. The molecule has 0 spiro atoms. The maximum atomic E-state index is 13.4. The average molecular weight is 719 g/mol. The molecule has 52 heavy (non-hydrogen) atoms. The number of carbonyl (C=O) groups excluding carboxylic acids is 2. The highest BCUT2D eigenvalue weighted by Crippen LogP contribution is 2.66. The highest BCUT2D eigenvalue weighted by Gasteiger charge is 2.63. The number of esters is 2. The quantitative estimate of drug-likeness (QED) is 0.142. The summed E-state index contributed by atoms with van der Waals surface area (Å²) >= 11 is 0. The number of allylic oxidation sites excluding steroid dienone is 2. The summed E-state index contributed by atoms with van der Waals surface area (Å²) < 4.78 is 12.4. The molecule has 0 aromatic carbocycles. The van der Waals surface area contributed by atoms with E-state index in [-0.39, 0.29) is 58.2 Å². The minimum absolute atomic E-state index is 0.0290. The Morgan fingerprint density at radius 2 is 1.06 bits per heavy atom. The predicted molar refractivity (Wildman–Crippen MR) is 201 cm³/mol. The Hall–Kier alpha value is -2.00. The van der Waals surface area contributed by atoms with Crippen molar-refractivity contribution >= 4 is 11.9 Å². The van der Waals surface area contributed by atoms with Gasteiger partial charge in [0.05, 0.1) is 12.2 Å². The van der Waals surface area contributed by atoms with Gasteiger partial charge in [0.15, 0.2) is 0 Å². The summed E-state index contributed by atoms with van der Waals surface area (Å²) in [4.78, 5) is 26.7. The van der Waals surface area contributed by atoms with Crippen LogP contribution in [0.2, 0.25) is 0 Å². The molecule has 6 unspecified atom stereocenters. The van der Waals surface area contributed by atoms with Gasteiger partial charge in [-0.3, -0.25) is 0 Å². The van der Waals surface area contributed by atoms with E-state index in [9.17, 15) is 19.8 Å². The Labute approximate surface area is 312 Å². The molecule has 8 heteroatoms. The van der Waals surface area contributed by atoms with E-state index in [0.29, 0.717) is 35.5 Å². The first-order valence-electron chi connectivity index (χ1n) is 20.9. The van der Waals surface area contributed by atoms with Crippen LogP contribution in [0.3, 0.4) is 0 Å². The van der Waals surface area contributed by atoms with Crippen LogP contribution in [0.15, 0.2) is 35.5 Å². The van der Waals surface area contributed by atoms with Gasteiger partial charge in [-0.15, -0.1) is 0 Å². The van der Waals surface area contributed by atoms with Crippen LogP contribution in [0.25, 0.3) is 0 Å². The number of ether oxygens (including phenoxy) is 2. The molecule has 6 fully saturated rings. The fourth-order valence-corrected chi connectivity index (χ4v) is 15.0. The van der Waals surface area contributed by atoms with Gasteiger partial charge in [-0.2, -0.15) is 0 Å². The second-order valence-corrected chi connectivity index (χ2v) is 19.7. The Morgan fingerprint density at radius 3 is 1.44 bits per heavy atom. The maximum Gasteiger partial charge on any atom is 0.331 e. The molecule has 8 rings (SSSR count). The molecule has 0 heterocycles. The summed E-state index contributed by atoms with van der Waals surface area (Å²) in [7, 11) is 3.98. The van der Waals surface area contributed by atoms with Crippen molar-refractivity contribution < 1.29 is 29.3 Å². The van der Waals surface area contributed by atoms with Crippen molar-refractivity contribution in [1.82, 2.24) is 10.6 Å². The summed E-state index contributed by atoms with van der Waals surface area (Å²) in [5, 5.41) is 27.9. The normalized spacial score (nSPS) is 50.8. The molecule has 0 bridgehead atoms. The van der Waals surface area contributed by atoms with Crippen LogP contribution >= 0.6 is 0 Å². The van der Waals surface area contributed by atoms with Crippen LogP contribution in [0.5, 0.6) is 0 Å². The molecule has 0 radical (unpaired) electrons. The SMILES string of the molecule is CNC1C(OC(=O)/C=C\C(=O)OC2C[C@H]3[C@@H]4CC=C5CC(O)CC[C@]5(C)[C@@H]4CC[C@]3(C)C2NC)C[C@H]2[C@@H]3CC=C4CC(O)CC[C@]4(C)[C@@H]3CC[C@]12C. The molecule has 0 amide bonds. The van der Waals surface area contributed by atoms with Gasteiger partial charge in [0.1, 0.15) is 12.2 Å². The maximum absolute atomic E-state index is 13.4. The van der Waals surface area contributed by atoms with Crippen molar-refractivity contribution in [2.45, 2.75) is 154 Å². The van der Waals surface area contributed by atoms with E-state index in [4.69, 9.17) is 9.47 Å². The van der Waals surface area contributed by atoms with Gasteiger partial charge in [-0.1, -0.05) is 51.0 Å². The molecular weight excluding hydrogens is 652 g/mol. The first-order chi connectivity index (χ1) is 24.7. The molecule has 16 atom stereocenters. The van der Waals surface area contributed by atoms with Crippen molar-refractivity contribution in [2.24, 2.45) is 57.2 Å². The van der Waals surface area contributed by atoms with Gasteiger partial charge < -0.3 is 30.3 Å². The monoisotopic (exact) mass is 718 g/mol. The van der Waals surface area contributed by atoms with Gasteiger partial charge in [0.2, 0.25) is 0 Å². The van der Waals surface area contributed by atoms with E-state index in [1.807, 2.05) is 14.1 Å². The molecule has 4 N–H and O–H groups in total. The summed E-state index contributed by atoms with van der Waals surface area (Å²) in [5.41, 5.74) is 3.31. The third-order valence-corrected chi connectivity index (χ3v) is 17.7. The lowest BCUT2D eigenvalue weighted by molar-refractivity contribution is -0.147. The largest absolute Gasteiger partial charge is 0.458 e. The zero-order valence-electron chi connectivity index (χ0n) is 32.7. The smallest absolute Gasteiger partial charge is 0.331 e. The Kier molecular flexibility index (Phi) is 9.48. The number of aliphatic hydroxyl groups excluding tert-OH is 2. The third kappa shape index (κ3) is 5.65. The van der Waals surface area contributed by atoms with E-state index in [0.717, 1.165) is 77.0 Å². The van der Waals surface area contributed by atoms with Crippen LogP contribution in [0.1, 0.15) is 118 Å². The number of fused-ring (bicyclic) bond motifs is 10. The van der Waals surface area contributed by atoms with Crippen molar-refractivity contribution in [3.8, 4) is 0 Å². The van der Waals surface area contributed by atoms with E-state index < -0.39 is 11.9 Å². The number of hydrogen-bond donors (Lipinski definition) is 4. The van der Waals surface area contributed by atoms with Gasteiger partial charge in [0.25, 0.3) is 0 Å². The van der Waals surface area contributed by atoms with Gasteiger partial charge >= 0.3 is 11.9 Å². The third-order valence-electron chi connectivity index (χ3n) is 17.7. The molecule has 0 aromatic rings. The Morgan fingerprint density at radius 1 is 0.654 bits per heavy atom. The van der Waals surface area contributed by atoms with Crippen molar-refractivity contribution in [3.05, 3.63) is 35.5 Å². The number of likely N-dealkylation sites (N-methyl/N-ethyl adjacent to an activating group) is 2. The van der Waals surface area contributed by atoms with Crippen molar-refractivity contribution in [1.29, 1.82) is 0 Å². The predicted octanol–water partition coefficient (Wildman–Crippen LogP) is 6.41. The lowest BCUT2D eigenvalue weighted by atomic mass is 9.48. The van der Waals surface area contributed by atoms with E-state index in [1.54, 1.807) is 0 Å².